The summed E-state index contributed by atoms with van der Waals surface area (Å²) in [6.45, 7) is 1.64. The summed E-state index contributed by atoms with van der Waals surface area (Å²) in [5.41, 5.74) is 2.25. The quantitative estimate of drug-likeness (QED) is 0.619. The number of rotatable bonds is 5. The fourth-order valence-corrected chi connectivity index (χ4v) is 4.35. The van der Waals surface area contributed by atoms with Gasteiger partial charge in [0.1, 0.15) is 6.04 Å². The van der Waals surface area contributed by atoms with E-state index in [0.717, 1.165) is 30.5 Å². The van der Waals surface area contributed by atoms with E-state index in [0.29, 0.717) is 37.0 Å². The maximum Gasteiger partial charge on any atom is 0.315 e. The minimum absolute atomic E-state index is 0.0951. The zero-order chi connectivity index (χ0) is 20.7. The van der Waals surface area contributed by atoms with Crippen LogP contribution in [0.5, 0.6) is 0 Å². The van der Waals surface area contributed by atoms with Crippen molar-refractivity contribution in [1.29, 1.82) is 0 Å². The molecule has 2 saturated heterocycles. The average Bonchev–Trinajstić information content (AvgIpc) is 3.47. The molecule has 2 unspecified atom stereocenters. The third kappa shape index (κ3) is 3.32. The number of hydrogen-bond acceptors (Lipinski definition) is 8. The monoisotopic (exact) mass is 410 g/mol. The third-order valence-corrected chi connectivity index (χ3v) is 5.87. The minimum atomic E-state index is -0.624. The summed E-state index contributed by atoms with van der Waals surface area (Å²) in [6.07, 6.45) is 2.63. The normalized spacial score (nSPS) is 23.6. The second kappa shape index (κ2) is 7.52. The topological polar surface area (TPSA) is 129 Å². The van der Waals surface area contributed by atoms with Crippen molar-refractivity contribution in [1.82, 2.24) is 25.7 Å². The summed E-state index contributed by atoms with van der Waals surface area (Å²) in [7, 11) is 0. The number of carbonyl (C=O) groups excluding carboxylic acids is 3. The standard InChI is InChI=1S/C20H22N6O4/c27-15-7-6-14(17(28)23-15)26-10-12-4-1-3-11(16(12)19(26)29)9-22-20-25-24-18(30-20)13-5-2-8-21-13/h1,3-4,13-14,21H,2,5-10H2,(H,22,25)(H,23,27,28). The van der Waals surface area contributed by atoms with Gasteiger partial charge in [-0.2, -0.15) is 0 Å². The van der Waals surface area contributed by atoms with Crippen molar-refractivity contribution in [2.75, 3.05) is 11.9 Å². The second-order valence-electron chi connectivity index (χ2n) is 7.80. The molecule has 2 aromatic rings. The van der Waals surface area contributed by atoms with Gasteiger partial charge in [-0.05, 0) is 36.9 Å². The minimum Gasteiger partial charge on any atom is -0.406 e. The fourth-order valence-electron chi connectivity index (χ4n) is 4.35. The molecule has 156 valence electrons. The van der Waals surface area contributed by atoms with Crippen molar-refractivity contribution in [3.05, 3.63) is 40.8 Å². The SMILES string of the molecule is O=C1CCC(N2Cc3cccc(CNc4nnc(C5CCCN5)o4)c3C2=O)C(=O)N1. The van der Waals surface area contributed by atoms with Crippen molar-refractivity contribution < 1.29 is 18.8 Å². The molecule has 3 aliphatic rings. The number of carbonyl (C=O) groups is 3. The van der Waals surface area contributed by atoms with Gasteiger partial charge in [-0.15, -0.1) is 5.10 Å². The van der Waals surface area contributed by atoms with E-state index in [1.165, 1.54) is 0 Å². The number of amides is 3. The van der Waals surface area contributed by atoms with Crippen molar-refractivity contribution in [2.45, 2.75) is 50.9 Å². The molecule has 4 heterocycles. The van der Waals surface area contributed by atoms with Gasteiger partial charge in [0.05, 0.1) is 6.04 Å². The van der Waals surface area contributed by atoms with Crippen molar-refractivity contribution in [2.24, 2.45) is 0 Å². The lowest BCUT2D eigenvalue weighted by Crippen LogP contribution is -2.52. The zero-order valence-electron chi connectivity index (χ0n) is 16.3. The highest BCUT2D eigenvalue weighted by atomic mass is 16.4. The molecular formula is C20H22N6O4. The third-order valence-electron chi connectivity index (χ3n) is 5.87. The molecule has 2 atom stereocenters. The number of piperidine rings is 1. The Kier molecular flexibility index (Phi) is 4.70. The molecule has 5 rings (SSSR count). The maximum atomic E-state index is 13.1. The van der Waals surface area contributed by atoms with Gasteiger partial charge in [-0.25, -0.2) is 0 Å². The van der Waals surface area contributed by atoms with Gasteiger partial charge < -0.3 is 20.0 Å². The Hall–Kier alpha value is -3.27. The Balaban J connectivity index is 1.30. The van der Waals surface area contributed by atoms with Crippen LogP contribution in [0, 0.1) is 0 Å². The van der Waals surface area contributed by atoms with Crippen LogP contribution in [0.1, 0.15) is 59.1 Å². The van der Waals surface area contributed by atoms with Crippen LogP contribution in [0.15, 0.2) is 22.6 Å². The van der Waals surface area contributed by atoms with Gasteiger partial charge in [-0.3, -0.25) is 19.7 Å². The van der Waals surface area contributed by atoms with Crippen molar-refractivity contribution in [3.8, 4) is 0 Å². The molecule has 1 aromatic heterocycles. The number of nitrogens with one attached hydrogen (secondary N) is 3. The number of benzene rings is 1. The highest BCUT2D eigenvalue weighted by molar-refractivity contribution is 6.06. The lowest BCUT2D eigenvalue weighted by molar-refractivity contribution is -0.136. The summed E-state index contributed by atoms with van der Waals surface area (Å²) in [5.74, 6) is -0.338. The average molecular weight is 410 g/mol. The number of anilines is 1. The predicted octanol–water partition coefficient (Wildman–Crippen LogP) is 0.867. The Bertz CT molecular complexity index is 1010. The summed E-state index contributed by atoms with van der Waals surface area (Å²) < 4.78 is 5.70. The summed E-state index contributed by atoms with van der Waals surface area (Å²) >= 11 is 0. The van der Waals surface area contributed by atoms with E-state index in [1.807, 2.05) is 18.2 Å². The molecule has 0 radical (unpaired) electrons. The molecule has 2 fully saturated rings. The Morgan fingerprint density at radius 3 is 2.90 bits per heavy atom. The smallest absolute Gasteiger partial charge is 0.315 e. The highest BCUT2D eigenvalue weighted by Crippen LogP contribution is 2.30. The van der Waals surface area contributed by atoms with Crippen LogP contribution in [0.3, 0.4) is 0 Å². The van der Waals surface area contributed by atoms with Gasteiger partial charge in [0.2, 0.25) is 17.7 Å². The van der Waals surface area contributed by atoms with E-state index < -0.39 is 11.9 Å². The van der Waals surface area contributed by atoms with Crippen molar-refractivity contribution in [3.63, 3.8) is 0 Å². The molecule has 1 aromatic carbocycles. The van der Waals surface area contributed by atoms with Crippen LogP contribution >= 0.6 is 0 Å². The van der Waals surface area contributed by atoms with Gasteiger partial charge in [-0.1, -0.05) is 23.3 Å². The number of fused-ring (bicyclic) bond motifs is 1. The first-order chi connectivity index (χ1) is 14.6. The maximum absolute atomic E-state index is 13.1. The summed E-state index contributed by atoms with van der Waals surface area (Å²) in [6, 6.07) is 5.42. The number of imide groups is 1. The first kappa shape index (κ1) is 18.7. The molecule has 10 nitrogen and oxygen atoms in total. The van der Waals surface area contributed by atoms with Gasteiger partial charge >= 0.3 is 6.01 Å². The largest absolute Gasteiger partial charge is 0.406 e. The molecule has 30 heavy (non-hydrogen) atoms. The Labute approximate surface area is 172 Å². The number of nitrogens with zero attached hydrogens (tertiary/aromatic N) is 3. The molecule has 3 amide bonds. The summed E-state index contributed by atoms with van der Waals surface area (Å²) in [4.78, 5) is 38.3. The second-order valence-corrected chi connectivity index (χ2v) is 7.80. The Morgan fingerprint density at radius 2 is 2.10 bits per heavy atom. The zero-order valence-corrected chi connectivity index (χ0v) is 16.3. The molecule has 3 aliphatic heterocycles. The first-order valence-corrected chi connectivity index (χ1v) is 10.2. The molecule has 0 aliphatic carbocycles. The molecular weight excluding hydrogens is 388 g/mol. The molecule has 0 bridgehead atoms. The Morgan fingerprint density at radius 1 is 1.20 bits per heavy atom. The van der Waals surface area contributed by atoms with E-state index in [1.54, 1.807) is 4.90 Å². The lowest BCUT2D eigenvalue weighted by atomic mass is 10.0. The van der Waals surface area contributed by atoms with Crippen LogP contribution in [-0.4, -0.2) is 45.4 Å². The van der Waals surface area contributed by atoms with Gasteiger partial charge in [0.15, 0.2) is 0 Å². The van der Waals surface area contributed by atoms with Gasteiger partial charge in [0.25, 0.3) is 5.91 Å². The molecule has 10 heteroatoms. The van der Waals surface area contributed by atoms with E-state index in [-0.39, 0.29) is 24.3 Å². The first-order valence-electron chi connectivity index (χ1n) is 10.2. The summed E-state index contributed by atoms with van der Waals surface area (Å²) in [5, 5.41) is 16.9. The van der Waals surface area contributed by atoms with E-state index >= 15 is 0 Å². The van der Waals surface area contributed by atoms with Crippen LogP contribution in [0.4, 0.5) is 6.01 Å². The predicted molar refractivity (Wildman–Crippen MR) is 104 cm³/mol. The lowest BCUT2D eigenvalue weighted by Gasteiger charge is -2.29. The fraction of sp³-hybridized carbons (Fsp3) is 0.450. The number of aromatic nitrogens is 2. The number of hydrogen-bond donors (Lipinski definition) is 3. The van der Waals surface area contributed by atoms with E-state index in [4.69, 9.17) is 4.42 Å². The van der Waals surface area contributed by atoms with Crippen LogP contribution in [-0.2, 0) is 22.7 Å². The molecule has 0 spiro atoms. The highest BCUT2D eigenvalue weighted by Gasteiger charge is 2.39. The molecule has 3 N–H and O–H groups in total. The molecule has 0 saturated carbocycles. The van der Waals surface area contributed by atoms with E-state index in [2.05, 4.69) is 26.1 Å². The van der Waals surface area contributed by atoms with Gasteiger partial charge in [0, 0.05) is 25.1 Å². The van der Waals surface area contributed by atoms with Crippen LogP contribution < -0.4 is 16.0 Å². The van der Waals surface area contributed by atoms with Crippen LogP contribution in [0.25, 0.3) is 0 Å². The van der Waals surface area contributed by atoms with Crippen molar-refractivity contribution >= 4 is 23.7 Å². The van der Waals surface area contributed by atoms with E-state index in [9.17, 15) is 14.4 Å². The van der Waals surface area contributed by atoms with Crippen LogP contribution in [0.2, 0.25) is 0 Å².